The molecule has 1 aliphatic heterocycles. The molecule has 1 aliphatic rings. The molecular formula is C29H30FN5O3. The summed E-state index contributed by atoms with van der Waals surface area (Å²) in [7, 11) is 0. The van der Waals surface area contributed by atoms with Gasteiger partial charge in [0.25, 0.3) is 5.91 Å². The zero-order valence-corrected chi connectivity index (χ0v) is 21.0. The first-order valence-corrected chi connectivity index (χ1v) is 12.3. The van der Waals surface area contributed by atoms with Crippen molar-refractivity contribution in [3.63, 3.8) is 0 Å². The number of nitrogens with one attached hydrogen (secondary N) is 2. The second-order valence-corrected chi connectivity index (χ2v) is 8.82. The fourth-order valence-corrected chi connectivity index (χ4v) is 4.19. The monoisotopic (exact) mass is 515 g/mol. The molecule has 0 aromatic heterocycles. The van der Waals surface area contributed by atoms with Crippen molar-refractivity contribution in [2.45, 2.75) is 0 Å². The van der Waals surface area contributed by atoms with Gasteiger partial charge in [-0.25, -0.2) is 9.18 Å². The Bertz CT molecular complexity index is 1270. The Morgan fingerprint density at radius 3 is 2.18 bits per heavy atom. The molecule has 3 aromatic carbocycles. The summed E-state index contributed by atoms with van der Waals surface area (Å²) in [6.45, 7) is 6.07. The molecule has 0 spiro atoms. The minimum Gasteiger partial charge on any atom is -0.368 e. The van der Waals surface area contributed by atoms with Crippen molar-refractivity contribution in [2.24, 2.45) is 0 Å². The second-order valence-electron chi connectivity index (χ2n) is 8.82. The highest BCUT2D eigenvalue weighted by molar-refractivity contribution is 5.99. The van der Waals surface area contributed by atoms with Crippen molar-refractivity contribution in [1.82, 2.24) is 9.80 Å². The van der Waals surface area contributed by atoms with Crippen LogP contribution in [-0.4, -0.2) is 66.9 Å². The van der Waals surface area contributed by atoms with Gasteiger partial charge in [-0.3, -0.25) is 9.59 Å². The number of hydrogen-bond acceptors (Lipinski definition) is 4. The first kappa shape index (κ1) is 26.4. The number of halogens is 1. The molecule has 38 heavy (non-hydrogen) atoms. The molecule has 0 aliphatic carbocycles. The van der Waals surface area contributed by atoms with Gasteiger partial charge < -0.3 is 25.3 Å². The van der Waals surface area contributed by atoms with Gasteiger partial charge in [0.05, 0.1) is 5.69 Å². The lowest BCUT2D eigenvalue weighted by Crippen LogP contribution is -2.50. The predicted octanol–water partition coefficient (Wildman–Crippen LogP) is 4.45. The van der Waals surface area contributed by atoms with E-state index in [0.29, 0.717) is 37.4 Å². The highest BCUT2D eigenvalue weighted by Crippen LogP contribution is 2.20. The maximum Gasteiger partial charge on any atom is 0.322 e. The highest BCUT2D eigenvalue weighted by atomic mass is 19.1. The van der Waals surface area contributed by atoms with Crippen LogP contribution in [0.4, 0.5) is 26.2 Å². The van der Waals surface area contributed by atoms with E-state index in [-0.39, 0.29) is 36.6 Å². The fraction of sp³-hybridized carbons (Fsp3) is 0.207. The van der Waals surface area contributed by atoms with E-state index in [2.05, 4.69) is 22.1 Å². The molecule has 0 atom stereocenters. The van der Waals surface area contributed by atoms with Crippen LogP contribution in [-0.2, 0) is 4.79 Å². The molecule has 1 heterocycles. The van der Waals surface area contributed by atoms with E-state index in [9.17, 15) is 18.8 Å². The molecule has 1 fully saturated rings. The van der Waals surface area contributed by atoms with Gasteiger partial charge in [-0.1, -0.05) is 36.4 Å². The smallest absolute Gasteiger partial charge is 0.322 e. The third-order valence-corrected chi connectivity index (χ3v) is 6.19. The lowest BCUT2D eigenvalue weighted by molar-refractivity contribution is -0.116. The molecule has 4 rings (SSSR count). The van der Waals surface area contributed by atoms with E-state index in [1.807, 2.05) is 18.2 Å². The number of carbonyl (C=O) groups is 3. The maximum absolute atomic E-state index is 13.8. The summed E-state index contributed by atoms with van der Waals surface area (Å²) in [5, 5.41) is 5.46. The first-order chi connectivity index (χ1) is 18.4. The van der Waals surface area contributed by atoms with E-state index < -0.39 is 5.82 Å². The average Bonchev–Trinajstić information content (AvgIpc) is 2.94. The van der Waals surface area contributed by atoms with Crippen LogP contribution >= 0.6 is 0 Å². The van der Waals surface area contributed by atoms with Gasteiger partial charge in [-0.05, 0) is 48.5 Å². The minimum atomic E-state index is -0.470. The number of benzene rings is 3. The third-order valence-electron chi connectivity index (χ3n) is 6.19. The summed E-state index contributed by atoms with van der Waals surface area (Å²) in [5.74, 6) is -1.01. The third kappa shape index (κ3) is 6.76. The van der Waals surface area contributed by atoms with Gasteiger partial charge in [0.1, 0.15) is 12.4 Å². The molecule has 9 heteroatoms. The molecule has 0 saturated carbocycles. The topological polar surface area (TPSA) is 85.0 Å². The summed E-state index contributed by atoms with van der Waals surface area (Å²) in [6, 6.07) is 22.0. The van der Waals surface area contributed by atoms with E-state index in [0.717, 1.165) is 5.69 Å². The van der Waals surface area contributed by atoms with E-state index in [1.54, 1.807) is 59.5 Å². The Kier molecular flexibility index (Phi) is 8.71. The first-order valence-electron chi connectivity index (χ1n) is 12.3. The van der Waals surface area contributed by atoms with Gasteiger partial charge in [0.15, 0.2) is 0 Å². The lowest BCUT2D eigenvalue weighted by atomic mass is 10.2. The van der Waals surface area contributed by atoms with E-state index in [1.165, 1.54) is 17.0 Å². The van der Waals surface area contributed by atoms with Gasteiger partial charge in [-0.15, -0.1) is 6.58 Å². The van der Waals surface area contributed by atoms with Crippen LogP contribution in [0.25, 0.3) is 0 Å². The van der Waals surface area contributed by atoms with E-state index in [4.69, 9.17) is 0 Å². The molecule has 3 aromatic rings. The predicted molar refractivity (Wildman–Crippen MR) is 147 cm³/mol. The van der Waals surface area contributed by atoms with Crippen molar-refractivity contribution < 1.29 is 18.8 Å². The van der Waals surface area contributed by atoms with Crippen LogP contribution < -0.4 is 15.5 Å². The number of nitrogens with zero attached hydrogens (tertiary/aromatic N) is 3. The largest absolute Gasteiger partial charge is 0.368 e. The van der Waals surface area contributed by atoms with Gasteiger partial charge >= 0.3 is 6.03 Å². The maximum atomic E-state index is 13.8. The Balaban J connectivity index is 1.28. The summed E-state index contributed by atoms with van der Waals surface area (Å²) in [6.07, 6.45) is 1.59. The van der Waals surface area contributed by atoms with Crippen LogP contribution in [0.1, 0.15) is 10.4 Å². The Labute approximate surface area is 221 Å². The summed E-state index contributed by atoms with van der Waals surface area (Å²) in [5.41, 5.74) is 2.25. The van der Waals surface area contributed by atoms with Crippen LogP contribution in [0.3, 0.4) is 0 Å². The number of para-hydroxylation sites is 1. The molecule has 1 saturated heterocycles. The van der Waals surface area contributed by atoms with Gasteiger partial charge in [-0.2, -0.15) is 0 Å². The number of urea groups is 1. The molecule has 2 N–H and O–H groups in total. The Morgan fingerprint density at radius 1 is 0.868 bits per heavy atom. The Hall–Kier alpha value is -4.66. The number of hydrogen-bond donors (Lipinski definition) is 2. The number of rotatable bonds is 8. The number of piperazine rings is 1. The van der Waals surface area contributed by atoms with Crippen LogP contribution in [0.2, 0.25) is 0 Å². The van der Waals surface area contributed by atoms with Crippen LogP contribution in [0, 0.1) is 5.82 Å². The zero-order chi connectivity index (χ0) is 26.9. The fourth-order valence-electron chi connectivity index (χ4n) is 4.19. The molecule has 8 nitrogen and oxygen atoms in total. The Morgan fingerprint density at radius 2 is 1.53 bits per heavy atom. The van der Waals surface area contributed by atoms with Crippen LogP contribution in [0.5, 0.6) is 0 Å². The quantitative estimate of drug-likeness (QED) is 0.434. The molecule has 4 amide bonds. The SMILES string of the molecule is C=CCN(CC(=O)Nc1ccc(N2CCN(C(=O)Nc3ccccc3F)CC2)cc1)C(=O)c1ccccc1. The number of anilines is 3. The molecule has 0 unspecified atom stereocenters. The van der Waals surface area contributed by atoms with Gasteiger partial charge in [0.2, 0.25) is 5.91 Å². The van der Waals surface area contributed by atoms with Crippen molar-refractivity contribution in [1.29, 1.82) is 0 Å². The summed E-state index contributed by atoms with van der Waals surface area (Å²) in [4.78, 5) is 43.2. The standard InChI is InChI=1S/C29H30FN5O3/c1-2-16-35(28(37)22-8-4-3-5-9-22)21-27(36)31-23-12-14-24(15-13-23)33-17-19-34(20-18-33)29(38)32-26-11-7-6-10-25(26)30/h2-15H,1,16-21H2,(H,31,36)(H,32,38). The van der Waals surface area contributed by atoms with Crippen molar-refractivity contribution >= 4 is 34.9 Å². The van der Waals surface area contributed by atoms with E-state index >= 15 is 0 Å². The van der Waals surface area contributed by atoms with Crippen molar-refractivity contribution in [3.05, 3.63) is 103 Å². The second kappa shape index (κ2) is 12.5. The summed E-state index contributed by atoms with van der Waals surface area (Å²) >= 11 is 0. The zero-order valence-electron chi connectivity index (χ0n) is 21.0. The molecule has 0 radical (unpaired) electrons. The average molecular weight is 516 g/mol. The highest BCUT2D eigenvalue weighted by Gasteiger charge is 2.22. The molecule has 196 valence electrons. The normalized spacial score (nSPS) is 13.0. The lowest BCUT2D eigenvalue weighted by Gasteiger charge is -2.36. The summed E-state index contributed by atoms with van der Waals surface area (Å²) < 4.78 is 13.8. The van der Waals surface area contributed by atoms with Crippen molar-refractivity contribution in [3.8, 4) is 0 Å². The van der Waals surface area contributed by atoms with Gasteiger partial charge in [0, 0.05) is 49.7 Å². The molecular weight excluding hydrogens is 485 g/mol. The number of amides is 4. The molecule has 0 bridgehead atoms. The van der Waals surface area contributed by atoms with Crippen LogP contribution in [0.15, 0.2) is 91.5 Å². The number of carbonyl (C=O) groups excluding carboxylic acids is 3. The minimum absolute atomic E-state index is 0.0988. The van der Waals surface area contributed by atoms with Crippen molar-refractivity contribution in [2.75, 3.05) is 54.8 Å².